The van der Waals surface area contributed by atoms with Crippen molar-refractivity contribution in [1.82, 2.24) is 9.80 Å². The lowest BCUT2D eigenvalue weighted by Crippen LogP contribution is -2.58. The summed E-state index contributed by atoms with van der Waals surface area (Å²) < 4.78 is 5.05. The van der Waals surface area contributed by atoms with Crippen molar-refractivity contribution in [2.45, 2.75) is 25.3 Å². The monoisotopic (exact) mass is 465 g/mol. The maximum absolute atomic E-state index is 13.7. The van der Waals surface area contributed by atoms with Gasteiger partial charge in [-0.05, 0) is 43.0 Å². The minimum atomic E-state index is -1.21. The Hall–Kier alpha value is -3.72. The summed E-state index contributed by atoms with van der Waals surface area (Å²) in [7, 11) is 0. The minimum Gasteiger partial charge on any atom is -0.480 e. The van der Waals surface area contributed by atoms with Gasteiger partial charge in [-0.3, -0.25) is 24.2 Å². The molecule has 0 unspecified atom stereocenters. The lowest BCUT2D eigenvalue weighted by atomic mass is 9.85. The summed E-state index contributed by atoms with van der Waals surface area (Å²) in [6, 6.07) is 16.3. The van der Waals surface area contributed by atoms with Gasteiger partial charge in [0.1, 0.15) is 12.1 Å². The highest BCUT2D eigenvalue weighted by molar-refractivity contribution is 6.23. The average Bonchev–Trinajstić information content (AvgIpc) is 3.02. The molecule has 9 heteroatoms. The molecule has 2 saturated heterocycles. The number of urea groups is 1. The first-order chi connectivity index (χ1) is 16.4. The van der Waals surface area contributed by atoms with Crippen LogP contribution in [0.4, 0.5) is 10.5 Å². The van der Waals surface area contributed by atoms with Crippen molar-refractivity contribution in [3.05, 3.63) is 54.6 Å². The molecule has 0 radical (unpaired) electrons. The first-order valence-electron chi connectivity index (χ1n) is 11.3. The molecule has 4 rings (SSSR count). The van der Waals surface area contributed by atoms with Crippen LogP contribution in [0.5, 0.6) is 0 Å². The van der Waals surface area contributed by atoms with Gasteiger partial charge in [0.25, 0.3) is 5.91 Å². The van der Waals surface area contributed by atoms with E-state index in [1.165, 1.54) is 4.90 Å². The zero-order valence-electron chi connectivity index (χ0n) is 19.0. The van der Waals surface area contributed by atoms with Crippen LogP contribution in [0.2, 0.25) is 0 Å². The number of imide groups is 1. The summed E-state index contributed by atoms with van der Waals surface area (Å²) in [4.78, 5) is 54.7. The average molecular weight is 466 g/mol. The number of carboxylic acid groups (broad SMARTS) is 1. The summed E-state index contributed by atoms with van der Waals surface area (Å²) in [5, 5.41) is 9.10. The molecular formula is C25H27N3O6. The van der Waals surface area contributed by atoms with E-state index in [1.807, 2.05) is 42.5 Å². The lowest BCUT2D eigenvalue weighted by molar-refractivity contribution is -0.145. The molecule has 2 aromatic rings. The van der Waals surface area contributed by atoms with Gasteiger partial charge < -0.3 is 9.84 Å². The number of anilines is 1. The predicted octanol–water partition coefficient (Wildman–Crippen LogP) is 2.60. The number of aliphatic carboxylic acids is 1. The van der Waals surface area contributed by atoms with Crippen LogP contribution in [-0.4, -0.2) is 77.1 Å². The normalized spacial score (nSPS) is 17.9. The topological polar surface area (TPSA) is 107 Å². The van der Waals surface area contributed by atoms with E-state index in [0.29, 0.717) is 18.8 Å². The molecule has 2 aliphatic heterocycles. The van der Waals surface area contributed by atoms with E-state index in [2.05, 4.69) is 0 Å². The highest BCUT2D eigenvalue weighted by Crippen LogP contribution is 2.39. The SMILES string of the molecule is CCOC(=O)CN1C(=O)N(c2ccc(-c3ccccc3)cc2)C(=O)C12CCN(CC(=O)O)CC2. The van der Waals surface area contributed by atoms with Crippen molar-refractivity contribution in [2.75, 3.05) is 37.7 Å². The Morgan fingerprint density at radius 1 is 0.941 bits per heavy atom. The molecule has 3 amide bonds. The summed E-state index contributed by atoms with van der Waals surface area (Å²) in [5.74, 6) is -1.94. The molecule has 2 aromatic carbocycles. The maximum Gasteiger partial charge on any atom is 0.332 e. The lowest BCUT2D eigenvalue weighted by Gasteiger charge is -2.41. The number of carboxylic acids is 1. The third-order valence-corrected chi connectivity index (χ3v) is 6.41. The van der Waals surface area contributed by atoms with Crippen molar-refractivity contribution in [3.8, 4) is 11.1 Å². The third-order valence-electron chi connectivity index (χ3n) is 6.41. The fraction of sp³-hybridized carbons (Fsp3) is 0.360. The number of nitrogens with zero attached hydrogens (tertiary/aromatic N) is 3. The van der Waals surface area contributed by atoms with Crippen molar-refractivity contribution in [1.29, 1.82) is 0 Å². The quantitative estimate of drug-likeness (QED) is 0.495. The fourth-order valence-corrected chi connectivity index (χ4v) is 4.69. The van der Waals surface area contributed by atoms with E-state index in [0.717, 1.165) is 16.0 Å². The number of carbonyl (C=O) groups excluding carboxylic acids is 3. The molecule has 0 saturated carbocycles. The van der Waals surface area contributed by atoms with Gasteiger partial charge in [-0.2, -0.15) is 0 Å². The number of carbonyl (C=O) groups is 4. The number of likely N-dealkylation sites (tertiary alicyclic amines) is 1. The molecular weight excluding hydrogens is 438 g/mol. The van der Waals surface area contributed by atoms with Crippen molar-refractivity contribution >= 4 is 29.6 Å². The number of ether oxygens (including phenoxy) is 1. The van der Waals surface area contributed by atoms with Gasteiger partial charge in [-0.25, -0.2) is 9.69 Å². The van der Waals surface area contributed by atoms with E-state index in [1.54, 1.807) is 24.0 Å². The van der Waals surface area contributed by atoms with Crippen LogP contribution in [0.25, 0.3) is 11.1 Å². The Morgan fingerprint density at radius 3 is 2.15 bits per heavy atom. The highest BCUT2D eigenvalue weighted by Gasteiger charge is 2.59. The maximum atomic E-state index is 13.7. The smallest absolute Gasteiger partial charge is 0.332 e. The van der Waals surface area contributed by atoms with Crippen molar-refractivity contribution in [3.63, 3.8) is 0 Å². The van der Waals surface area contributed by atoms with E-state index in [-0.39, 0.29) is 32.5 Å². The zero-order chi connectivity index (χ0) is 24.3. The molecule has 0 bridgehead atoms. The number of piperidine rings is 1. The van der Waals surface area contributed by atoms with Gasteiger partial charge in [-0.15, -0.1) is 0 Å². The first-order valence-corrected chi connectivity index (χ1v) is 11.3. The molecule has 1 spiro atoms. The van der Waals surface area contributed by atoms with Crippen LogP contribution in [-0.2, 0) is 19.1 Å². The second kappa shape index (κ2) is 9.64. The van der Waals surface area contributed by atoms with Crippen LogP contribution < -0.4 is 4.90 Å². The Labute approximate surface area is 197 Å². The Kier molecular flexibility index (Phi) is 6.65. The van der Waals surface area contributed by atoms with Gasteiger partial charge in [0.2, 0.25) is 0 Å². The van der Waals surface area contributed by atoms with E-state index < -0.39 is 29.4 Å². The second-order valence-electron chi connectivity index (χ2n) is 8.43. The first kappa shape index (κ1) is 23.4. The molecule has 2 heterocycles. The van der Waals surface area contributed by atoms with Crippen LogP contribution >= 0.6 is 0 Å². The number of amides is 3. The fourth-order valence-electron chi connectivity index (χ4n) is 4.69. The standard InChI is InChI=1S/C25H27N3O6/c1-2-34-22(31)17-27-24(33)28(20-10-8-19(9-11-20)18-6-4-3-5-7-18)23(32)25(27)12-14-26(15-13-25)16-21(29)30/h3-11H,2,12-17H2,1H3,(H,29,30). The van der Waals surface area contributed by atoms with Gasteiger partial charge >= 0.3 is 18.0 Å². The summed E-state index contributed by atoms with van der Waals surface area (Å²) in [5.41, 5.74) is 1.17. The van der Waals surface area contributed by atoms with Crippen molar-refractivity contribution < 1.29 is 29.0 Å². The van der Waals surface area contributed by atoms with E-state index >= 15 is 0 Å². The van der Waals surface area contributed by atoms with Crippen LogP contribution in [0, 0.1) is 0 Å². The molecule has 0 aliphatic carbocycles. The largest absolute Gasteiger partial charge is 0.480 e. The van der Waals surface area contributed by atoms with Gasteiger partial charge in [-0.1, -0.05) is 42.5 Å². The van der Waals surface area contributed by atoms with Crippen LogP contribution in [0.15, 0.2) is 54.6 Å². The van der Waals surface area contributed by atoms with E-state index in [4.69, 9.17) is 9.84 Å². The summed E-state index contributed by atoms with van der Waals surface area (Å²) in [6.07, 6.45) is 0.478. The Bertz CT molecular complexity index is 1080. The van der Waals surface area contributed by atoms with E-state index in [9.17, 15) is 19.2 Å². The molecule has 9 nitrogen and oxygen atoms in total. The molecule has 178 valence electrons. The summed E-state index contributed by atoms with van der Waals surface area (Å²) in [6.45, 7) is 2.02. The van der Waals surface area contributed by atoms with Gasteiger partial charge in [0.05, 0.1) is 18.8 Å². The number of esters is 1. The minimum absolute atomic E-state index is 0.138. The number of hydrogen-bond donors (Lipinski definition) is 1. The van der Waals surface area contributed by atoms with Gasteiger partial charge in [0, 0.05) is 13.1 Å². The van der Waals surface area contributed by atoms with Crippen LogP contribution in [0.1, 0.15) is 19.8 Å². The van der Waals surface area contributed by atoms with Crippen LogP contribution in [0.3, 0.4) is 0 Å². The van der Waals surface area contributed by atoms with Gasteiger partial charge in [0.15, 0.2) is 0 Å². The Balaban J connectivity index is 1.63. The molecule has 2 fully saturated rings. The highest BCUT2D eigenvalue weighted by atomic mass is 16.5. The van der Waals surface area contributed by atoms with Crippen molar-refractivity contribution in [2.24, 2.45) is 0 Å². The zero-order valence-corrected chi connectivity index (χ0v) is 19.0. The number of benzene rings is 2. The number of rotatable bonds is 7. The molecule has 0 atom stereocenters. The summed E-state index contributed by atoms with van der Waals surface area (Å²) >= 11 is 0. The second-order valence-corrected chi connectivity index (χ2v) is 8.43. The molecule has 1 N–H and O–H groups in total. The Morgan fingerprint density at radius 2 is 1.56 bits per heavy atom. The third kappa shape index (κ3) is 4.38. The number of hydrogen-bond acceptors (Lipinski definition) is 6. The molecule has 2 aliphatic rings. The molecule has 0 aromatic heterocycles. The predicted molar refractivity (Wildman–Crippen MR) is 124 cm³/mol. The molecule has 34 heavy (non-hydrogen) atoms.